The highest BCUT2D eigenvalue weighted by molar-refractivity contribution is 7.17. The highest BCUT2D eigenvalue weighted by Crippen LogP contribution is 2.34. The predicted molar refractivity (Wildman–Crippen MR) is 95.4 cm³/mol. The van der Waals surface area contributed by atoms with Gasteiger partial charge in [0.2, 0.25) is 0 Å². The minimum atomic E-state index is -0.0667. The molecule has 0 aromatic carbocycles. The van der Waals surface area contributed by atoms with Crippen LogP contribution in [0.15, 0.2) is 17.8 Å². The molecule has 1 aliphatic rings. The summed E-state index contributed by atoms with van der Waals surface area (Å²) in [5.74, 6) is 2.65. The van der Waals surface area contributed by atoms with E-state index in [-0.39, 0.29) is 12.1 Å². The topological polar surface area (TPSA) is 64.9 Å². The molecule has 0 spiro atoms. The standard InChI is InChI=1S/C17H21N5OS/c1-10-9-24-17-13(10)15(19-11(2)20-17)21-12-5-4-8-23-14(12)16-18-6-7-22(16)3/h6-7,9,12,14H,4-5,8H2,1-3H3,(H,19,20,21)/t12-,14-/m0/s1. The third-order valence-corrected chi connectivity index (χ3v) is 5.48. The van der Waals surface area contributed by atoms with Crippen molar-refractivity contribution in [2.24, 2.45) is 7.05 Å². The van der Waals surface area contributed by atoms with E-state index < -0.39 is 0 Å². The van der Waals surface area contributed by atoms with E-state index >= 15 is 0 Å². The van der Waals surface area contributed by atoms with Crippen LogP contribution in [0.5, 0.6) is 0 Å². The number of thiophene rings is 1. The number of hydrogen-bond acceptors (Lipinski definition) is 6. The van der Waals surface area contributed by atoms with Gasteiger partial charge in [-0.25, -0.2) is 15.0 Å². The van der Waals surface area contributed by atoms with Gasteiger partial charge in [0.15, 0.2) is 0 Å². The second-order valence-electron chi connectivity index (χ2n) is 6.30. The van der Waals surface area contributed by atoms with Gasteiger partial charge in [0.05, 0.1) is 11.4 Å². The fourth-order valence-corrected chi connectivity index (χ4v) is 4.27. The van der Waals surface area contributed by atoms with Crippen LogP contribution in [0.25, 0.3) is 10.2 Å². The number of imidazole rings is 1. The fourth-order valence-electron chi connectivity index (χ4n) is 3.31. The summed E-state index contributed by atoms with van der Waals surface area (Å²) >= 11 is 1.67. The number of hydrogen-bond donors (Lipinski definition) is 1. The average molecular weight is 343 g/mol. The molecule has 0 unspecified atom stereocenters. The van der Waals surface area contributed by atoms with Crippen molar-refractivity contribution < 1.29 is 4.74 Å². The lowest BCUT2D eigenvalue weighted by Crippen LogP contribution is -2.35. The number of aromatic nitrogens is 4. The first kappa shape index (κ1) is 15.5. The summed E-state index contributed by atoms with van der Waals surface area (Å²) in [6, 6.07) is 0.150. The highest BCUT2D eigenvalue weighted by atomic mass is 32.1. The van der Waals surface area contributed by atoms with Gasteiger partial charge >= 0.3 is 0 Å². The summed E-state index contributed by atoms with van der Waals surface area (Å²) in [5.41, 5.74) is 1.21. The van der Waals surface area contributed by atoms with Gasteiger partial charge < -0.3 is 14.6 Å². The first-order valence-corrected chi connectivity index (χ1v) is 9.09. The maximum atomic E-state index is 6.06. The molecule has 1 fully saturated rings. The minimum Gasteiger partial charge on any atom is -0.368 e. The van der Waals surface area contributed by atoms with E-state index in [4.69, 9.17) is 4.74 Å². The molecule has 3 aromatic heterocycles. The van der Waals surface area contributed by atoms with Crippen LogP contribution >= 0.6 is 11.3 Å². The molecule has 6 nitrogen and oxygen atoms in total. The Morgan fingerprint density at radius 1 is 1.33 bits per heavy atom. The molecule has 126 valence electrons. The molecular formula is C17H21N5OS. The van der Waals surface area contributed by atoms with Crippen LogP contribution in [0.1, 0.15) is 36.2 Å². The lowest BCUT2D eigenvalue weighted by Gasteiger charge is -2.32. The number of rotatable bonds is 3. The molecule has 1 N–H and O–H groups in total. The van der Waals surface area contributed by atoms with E-state index in [2.05, 4.69) is 32.6 Å². The molecule has 0 radical (unpaired) electrons. The highest BCUT2D eigenvalue weighted by Gasteiger charge is 2.31. The minimum absolute atomic E-state index is 0.0667. The second kappa shape index (κ2) is 6.14. The first-order valence-electron chi connectivity index (χ1n) is 8.21. The fraction of sp³-hybridized carbons (Fsp3) is 0.471. The molecule has 1 aliphatic heterocycles. The summed E-state index contributed by atoms with van der Waals surface area (Å²) in [6.45, 7) is 4.81. The van der Waals surface area contributed by atoms with Crippen molar-refractivity contribution in [3.05, 3.63) is 35.0 Å². The average Bonchev–Trinajstić information content (AvgIpc) is 3.14. The number of nitrogens with one attached hydrogen (secondary N) is 1. The van der Waals surface area contributed by atoms with Crippen molar-refractivity contribution in [3.63, 3.8) is 0 Å². The monoisotopic (exact) mass is 343 g/mol. The van der Waals surface area contributed by atoms with Crippen LogP contribution in [-0.2, 0) is 11.8 Å². The normalized spacial score (nSPS) is 21.3. The maximum absolute atomic E-state index is 6.06. The van der Waals surface area contributed by atoms with Gasteiger partial charge in [0.1, 0.15) is 28.4 Å². The molecule has 24 heavy (non-hydrogen) atoms. The Bertz CT molecular complexity index is 871. The van der Waals surface area contributed by atoms with Crippen molar-refractivity contribution in [2.75, 3.05) is 11.9 Å². The van der Waals surface area contributed by atoms with E-state index in [1.165, 1.54) is 5.56 Å². The molecule has 3 aromatic rings. The number of ether oxygens (including phenoxy) is 1. The summed E-state index contributed by atoms with van der Waals surface area (Å²) < 4.78 is 8.08. The Labute approximate surface area is 144 Å². The van der Waals surface area contributed by atoms with Gasteiger partial charge in [0.25, 0.3) is 0 Å². The van der Waals surface area contributed by atoms with Crippen LogP contribution in [0.4, 0.5) is 5.82 Å². The van der Waals surface area contributed by atoms with E-state index in [0.717, 1.165) is 47.1 Å². The molecule has 2 atom stereocenters. The van der Waals surface area contributed by atoms with Crippen molar-refractivity contribution in [1.29, 1.82) is 0 Å². The molecular weight excluding hydrogens is 322 g/mol. The SMILES string of the molecule is Cc1nc(N[C@H]2CCCO[C@@H]2c2nccn2C)c2c(C)csc2n1. The van der Waals surface area contributed by atoms with Crippen LogP contribution in [-0.4, -0.2) is 32.2 Å². The molecule has 0 saturated carbocycles. The zero-order valence-corrected chi connectivity index (χ0v) is 14.9. The lowest BCUT2D eigenvalue weighted by molar-refractivity contribution is -0.00132. The predicted octanol–water partition coefficient (Wildman–Crippen LogP) is 3.37. The summed E-state index contributed by atoms with van der Waals surface area (Å²) in [4.78, 5) is 14.7. The second-order valence-corrected chi connectivity index (χ2v) is 7.16. The van der Waals surface area contributed by atoms with Crippen molar-refractivity contribution in [3.8, 4) is 0 Å². The number of fused-ring (bicyclic) bond motifs is 1. The third kappa shape index (κ3) is 2.67. The first-order chi connectivity index (χ1) is 11.6. The van der Waals surface area contributed by atoms with Gasteiger partial charge in [-0.15, -0.1) is 11.3 Å². The van der Waals surface area contributed by atoms with Crippen LogP contribution in [0.2, 0.25) is 0 Å². The van der Waals surface area contributed by atoms with E-state index in [0.29, 0.717) is 0 Å². The molecule has 0 aliphatic carbocycles. The van der Waals surface area contributed by atoms with Gasteiger partial charge in [0, 0.05) is 26.0 Å². The van der Waals surface area contributed by atoms with Crippen LogP contribution in [0, 0.1) is 13.8 Å². The van der Waals surface area contributed by atoms with Crippen molar-refractivity contribution >= 4 is 27.4 Å². The van der Waals surface area contributed by atoms with Gasteiger partial charge in [-0.1, -0.05) is 0 Å². The van der Waals surface area contributed by atoms with Gasteiger partial charge in [-0.3, -0.25) is 0 Å². The van der Waals surface area contributed by atoms with E-state index in [9.17, 15) is 0 Å². The zero-order chi connectivity index (χ0) is 16.7. The van der Waals surface area contributed by atoms with Crippen molar-refractivity contribution in [2.45, 2.75) is 38.8 Å². The van der Waals surface area contributed by atoms with Crippen LogP contribution < -0.4 is 5.32 Å². The summed E-state index contributed by atoms with van der Waals surface area (Å²) in [5, 5.41) is 6.89. The van der Waals surface area contributed by atoms with Crippen LogP contribution in [0.3, 0.4) is 0 Å². The zero-order valence-electron chi connectivity index (χ0n) is 14.1. The Balaban J connectivity index is 1.71. The number of nitrogens with zero attached hydrogens (tertiary/aromatic N) is 4. The molecule has 0 amide bonds. The van der Waals surface area contributed by atoms with E-state index in [1.807, 2.05) is 30.9 Å². The molecule has 1 saturated heterocycles. The summed E-state index contributed by atoms with van der Waals surface area (Å²) in [6.07, 6.45) is 5.78. The Morgan fingerprint density at radius 3 is 3.00 bits per heavy atom. The quantitative estimate of drug-likeness (QED) is 0.790. The summed E-state index contributed by atoms with van der Waals surface area (Å²) in [7, 11) is 2.01. The smallest absolute Gasteiger partial charge is 0.139 e. The molecule has 0 bridgehead atoms. The Morgan fingerprint density at radius 2 is 2.21 bits per heavy atom. The number of aryl methyl sites for hydroxylation is 3. The lowest BCUT2D eigenvalue weighted by atomic mass is 10.0. The Hall–Kier alpha value is -1.99. The third-order valence-electron chi connectivity index (χ3n) is 4.49. The van der Waals surface area contributed by atoms with Crippen molar-refractivity contribution in [1.82, 2.24) is 19.5 Å². The largest absolute Gasteiger partial charge is 0.368 e. The Kier molecular flexibility index (Phi) is 3.97. The molecule has 7 heteroatoms. The maximum Gasteiger partial charge on any atom is 0.139 e. The number of anilines is 1. The molecule has 4 heterocycles. The molecule has 4 rings (SSSR count). The van der Waals surface area contributed by atoms with Gasteiger partial charge in [-0.05, 0) is 37.6 Å². The van der Waals surface area contributed by atoms with Gasteiger partial charge in [-0.2, -0.15) is 0 Å². The van der Waals surface area contributed by atoms with E-state index in [1.54, 1.807) is 11.3 Å².